The SMILES string of the molecule is CC(=O)N1CCCC1c1[nH]ncc1C. The largest absolute Gasteiger partial charge is 0.334 e. The van der Waals surface area contributed by atoms with Gasteiger partial charge in [0.05, 0.1) is 17.9 Å². The number of amides is 1. The lowest BCUT2D eigenvalue weighted by Gasteiger charge is -2.22. The zero-order valence-corrected chi connectivity index (χ0v) is 8.58. The zero-order valence-electron chi connectivity index (χ0n) is 8.58. The number of aromatic nitrogens is 2. The Morgan fingerprint density at radius 2 is 2.50 bits per heavy atom. The van der Waals surface area contributed by atoms with Crippen LogP contribution < -0.4 is 0 Å². The molecule has 1 unspecified atom stereocenters. The highest BCUT2D eigenvalue weighted by Gasteiger charge is 2.29. The maximum absolute atomic E-state index is 11.4. The molecule has 1 aromatic rings. The zero-order chi connectivity index (χ0) is 10.1. The number of carbonyl (C=O) groups excluding carboxylic acids is 1. The Hall–Kier alpha value is -1.32. The molecule has 2 heterocycles. The van der Waals surface area contributed by atoms with Crippen molar-refractivity contribution in [3.63, 3.8) is 0 Å². The van der Waals surface area contributed by atoms with Gasteiger partial charge >= 0.3 is 0 Å². The van der Waals surface area contributed by atoms with E-state index in [1.54, 1.807) is 6.92 Å². The molecule has 1 amide bonds. The first kappa shape index (κ1) is 9.24. The highest BCUT2D eigenvalue weighted by atomic mass is 16.2. The van der Waals surface area contributed by atoms with Crippen molar-refractivity contribution < 1.29 is 4.79 Å². The number of aryl methyl sites for hydroxylation is 1. The first-order valence-electron chi connectivity index (χ1n) is 4.97. The highest BCUT2D eigenvalue weighted by molar-refractivity contribution is 5.74. The topological polar surface area (TPSA) is 49.0 Å². The summed E-state index contributed by atoms with van der Waals surface area (Å²) >= 11 is 0. The van der Waals surface area contributed by atoms with Crippen molar-refractivity contribution in [2.75, 3.05) is 6.54 Å². The van der Waals surface area contributed by atoms with Crippen molar-refractivity contribution in [1.29, 1.82) is 0 Å². The van der Waals surface area contributed by atoms with Gasteiger partial charge in [-0.05, 0) is 25.3 Å². The predicted molar refractivity (Wildman–Crippen MR) is 52.7 cm³/mol. The maximum atomic E-state index is 11.4. The minimum atomic E-state index is 0.154. The Balaban J connectivity index is 2.26. The number of nitrogens with zero attached hydrogens (tertiary/aromatic N) is 2. The summed E-state index contributed by atoms with van der Waals surface area (Å²) in [6, 6.07) is 0.218. The van der Waals surface area contributed by atoms with Crippen LogP contribution in [-0.4, -0.2) is 27.5 Å². The Bertz CT molecular complexity index is 345. The molecular formula is C10H15N3O. The second-order valence-electron chi connectivity index (χ2n) is 3.84. The van der Waals surface area contributed by atoms with Crippen molar-refractivity contribution in [3.05, 3.63) is 17.5 Å². The minimum absolute atomic E-state index is 0.154. The third kappa shape index (κ3) is 1.41. The second-order valence-corrected chi connectivity index (χ2v) is 3.84. The monoisotopic (exact) mass is 193 g/mol. The molecule has 2 rings (SSSR count). The summed E-state index contributed by atoms with van der Waals surface area (Å²) in [6.07, 6.45) is 3.94. The molecular weight excluding hydrogens is 178 g/mol. The van der Waals surface area contributed by atoms with Gasteiger partial charge in [0, 0.05) is 13.5 Å². The lowest BCUT2D eigenvalue weighted by atomic mass is 10.1. The Labute approximate surface area is 83.3 Å². The van der Waals surface area contributed by atoms with E-state index in [4.69, 9.17) is 0 Å². The summed E-state index contributed by atoms with van der Waals surface area (Å²) in [4.78, 5) is 13.3. The fourth-order valence-corrected chi connectivity index (χ4v) is 2.14. The molecule has 0 bridgehead atoms. The standard InChI is InChI=1S/C10H15N3O/c1-7-6-11-12-10(7)9-4-3-5-13(9)8(2)14/h6,9H,3-5H2,1-2H3,(H,11,12). The Morgan fingerprint density at radius 1 is 1.71 bits per heavy atom. The van der Waals surface area contributed by atoms with Gasteiger partial charge in [-0.25, -0.2) is 0 Å². The van der Waals surface area contributed by atoms with Crippen LogP contribution in [0.3, 0.4) is 0 Å². The first-order chi connectivity index (χ1) is 6.70. The fraction of sp³-hybridized carbons (Fsp3) is 0.600. The van der Waals surface area contributed by atoms with E-state index < -0.39 is 0 Å². The molecule has 1 fully saturated rings. The molecule has 1 aliphatic rings. The van der Waals surface area contributed by atoms with E-state index in [-0.39, 0.29) is 11.9 Å². The maximum Gasteiger partial charge on any atom is 0.220 e. The lowest BCUT2D eigenvalue weighted by molar-refractivity contribution is -0.129. The molecule has 0 saturated carbocycles. The molecule has 0 spiro atoms. The minimum Gasteiger partial charge on any atom is -0.334 e. The van der Waals surface area contributed by atoms with Gasteiger partial charge in [-0.15, -0.1) is 0 Å². The van der Waals surface area contributed by atoms with E-state index in [9.17, 15) is 4.79 Å². The van der Waals surface area contributed by atoms with Crippen LogP contribution in [0.15, 0.2) is 6.20 Å². The molecule has 1 saturated heterocycles. The predicted octanol–water partition coefficient (Wildman–Crippen LogP) is 1.40. The van der Waals surface area contributed by atoms with Gasteiger partial charge in [-0.2, -0.15) is 5.10 Å². The molecule has 1 aliphatic heterocycles. The highest BCUT2D eigenvalue weighted by Crippen LogP contribution is 2.31. The average Bonchev–Trinajstić information content (AvgIpc) is 2.70. The van der Waals surface area contributed by atoms with Crippen LogP contribution in [0.25, 0.3) is 0 Å². The van der Waals surface area contributed by atoms with Crippen LogP contribution in [0.1, 0.15) is 37.1 Å². The van der Waals surface area contributed by atoms with Crippen molar-refractivity contribution >= 4 is 5.91 Å². The summed E-state index contributed by atoms with van der Waals surface area (Å²) < 4.78 is 0. The molecule has 76 valence electrons. The number of hydrogen-bond donors (Lipinski definition) is 1. The van der Waals surface area contributed by atoms with Crippen LogP contribution in [0.4, 0.5) is 0 Å². The summed E-state index contributed by atoms with van der Waals surface area (Å²) in [5, 5.41) is 6.99. The van der Waals surface area contributed by atoms with Gasteiger partial charge in [-0.1, -0.05) is 0 Å². The normalized spacial score (nSPS) is 21.6. The summed E-state index contributed by atoms with van der Waals surface area (Å²) in [6.45, 7) is 4.53. The molecule has 1 atom stereocenters. The molecule has 0 aliphatic carbocycles. The molecule has 1 N–H and O–H groups in total. The van der Waals surface area contributed by atoms with Crippen LogP contribution in [0.5, 0.6) is 0 Å². The average molecular weight is 193 g/mol. The number of nitrogens with one attached hydrogen (secondary N) is 1. The van der Waals surface area contributed by atoms with E-state index >= 15 is 0 Å². The third-order valence-corrected chi connectivity index (χ3v) is 2.86. The van der Waals surface area contributed by atoms with Crippen molar-refractivity contribution in [2.24, 2.45) is 0 Å². The molecule has 4 nitrogen and oxygen atoms in total. The Kier molecular flexibility index (Phi) is 2.27. The quantitative estimate of drug-likeness (QED) is 0.733. The van der Waals surface area contributed by atoms with Gasteiger partial charge in [-0.3, -0.25) is 9.89 Å². The van der Waals surface area contributed by atoms with Gasteiger partial charge in [0.1, 0.15) is 0 Å². The molecule has 0 aromatic carbocycles. The number of H-pyrrole nitrogens is 1. The summed E-state index contributed by atoms with van der Waals surface area (Å²) in [5.74, 6) is 0.154. The van der Waals surface area contributed by atoms with Crippen LogP contribution >= 0.6 is 0 Å². The van der Waals surface area contributed by atoms with Crippen LogP contribution in [0.2, 0.25) is 0 Å². The molecule has 0 radical (unpaired) electrons. The number of rotatable bonds is 1. The van der Waals surface area contributed by atoms with E-state index in [1.807, 2.05) is 18.0 Å². The number of likely N-dealkylation sites (tertiary alicyclic amines) is 1. The number of aromatic amines is 1. The summed E-state index contributed by atoms with van der Waals surface area (Å²) in [7, 11) is 0. The second kappa shape index (κ2) is 3.44. The van der Waals surface area contributed by atoms with E-state index in [2.05, 4.69) is 10.2 Å². The van der Waals surface area contributed by atoms with Crippen molar-refractivity contribution in [1.82, 2.24) is 15.1 Å². The van der Waals surface area contributed by atoms with Crippen LogP contribution in [0, 0.1) is 6.92 Å². The van der Waals surface area contributed by atoms with E-state index in [1.165, 1.54) is 0 Å². The smallest absolute Gasteiger partial charge is 0.220 e. The van der Waals surface area contributed by atoms with Gasteiger partial charge < -0.3 is 4.90 Å². The third-order valence-electron chi connectivity index (χ3n) is 2.86. The lowest BCUT2D eigenvalue weighted by Crippen LogP contribution is -2.28. The van der Waals surface area contributed by atoms with Gasteiger partial charge in [0.25, 0.3) is 0 Å². The van der Waals surface area contributed by atoms with Crippen LogP contribution in [-0.2, 0) is 4.79 Å². The first-order valence-corrected chi connectivity index (χ1v) is 4.97. The fourth-order valence-electron chi connectivity index (χ4n) is 2.14. The van der Waals surface area contributed by atoms with Gasteiger partial charge in [0.2, 0.25) is 5.91 Å². The van der Waals surface area contributed by atoms with E-state index in [0.29, 0.717) is 0 Å². The van der Waals surface area contributed by atoms with Crippen molar-refractivity contribution in [3.8, 4) is 0 Å². The van der Waals surface area contributed by atoms with Crippen molar-refractivity contribution in [2.45, 2.75) is 32.7 Å². The Morgan fingerprint density at radius 3 is 3.07 bits per heavy atom. The number of carbonyl (C=O) groups is 1. The van der Waals surface area contributed by atoms with E-state index in [0.717, 1.165) is 30.6 Å². The number of hydrogen-bond acceptors (Lipinski definition) is 2. The molecule has 4 heteroatoms. The molecule has 14 heavy (non-hydrogen) atoms. The van der Waals surface area contributed by atoms with Gasteiger partial charge in [0.15, 0.2) is 0 Å². The summed E-state index contributed by atoms with van der Waals surface area (Å²) in [5.41, 5.74) is 2.24. The molecule has 1 aromatic heterocycles.